The van der Waals surface area contributed by atoms with Gasteiger partial charge in [0.15, 0.2) is 0 Å². The fourth-order valence-electron chi connectivity index (χ4n) is 2.18. The first-order valence-corrected chi connectivity index (χ1v) is 5.93. The Balaban J connectivity index is 2.51. The monoisotopic (exact) mass is 229 g/mol. The molecule has 1 aromatic heterocycles. The SMILES string of the molecule is CC(C)CN(C)c1ccc(N)c2ccncc12. The predicted molar refractivity (Wildman–Crippen MR) is 74.3 cm³/mol. The summed E-state index contributed by atoms with van der Waals surface area (Å²) in [4.78, 5) is 6.45. The summed E-state index contributed by atoms with van der Waals surface area (Å²) >= 11 is 0. The van der Waals surface area contributed by atoms with E-state index in [1.807, 2.05) is 18.3 Å². The molecule has 0 aliphatic carbocycles. The molecule has 0 aliphatic heterocycles. The van der Waals surface area contributed by atoms with Gasteiger partial charge in [0.25, 0.3) is 0 Å². The number of hydrogen-bond donors (Lipinski definition) is 1. The minimum atomic E-state index is 0.629. The molecule has 0 bridgehead atoms. The van der Waals surface area contributed by atoms with Crippen LogP contribution >= 0.6 is 0 Å². The largest absolute Gasteiger partial charge is 0.398 e. The zero-order chi connectivity index (χ0) is 12.4. The molecule has 2 aromatic rings. The van der Waals surface area contributed by atoms with Crippen LogP contribution in [-0.2, 0) is 0 Å². The first-order chi connectivity index (χ1) is 8.09. The van der Waals surface area contributed by atoms with Gasteiger partial charge >= 0.3 is 0 Å². The van der Waals surface area contributed by atoms with Crippen LogP contribution in [0.4, 0.5) is 11.4 Å². The zero-order valence-corrected chi connectivity index (χ0v) is 10.6. The van der Waals surface area contributed by atoms with Crippen LogP contribution < -0.4 is 10.6 Å². The Morgan fingerprint density at radius 3 is 2.71 bits per heavy atom. The summed E-state index contributed by atoms with van der Waals surface area (Å²) in [6.45, 7) is 5.45. The van der Waals surface area contributed by atoms with Gasteiger partial charge in [-0.1, -0.05) is 13.8 Å². The minimum Gasteiger partial charge on any atom is -0.398 e. The molecule has 3 nitrogen and oxygen atoms in total. The molecule has 0 aliphatic rings. The summed E-state index contributed by atoms with van der Waals surface area (Å²) in [5.41, 5.74) is 7.98. The zero-order valence-electron chi connectivity index (χ0n) is 10.6. The van der Waals surface area contributed by atoms with Crippen molar-refractivity contribution in [3.63, 3.8) is 0 Å². The Bertz CT molecular complexity index is 520. The van der Waals surface area contributed by atoms with Crippen molar-refractivity contribution in [2.75, 3.05) is 24.2 Å². The molecule has 0 spiro atoms. The number of pyridine rings is 1. The van der Waals surface area contributed by atoms with Crippen LogP contribution in [-0.4, -0.2) is 18.6 Å². The van der Waals surface area contributed by atoms with E-state index in [9.17, 15) is 0 Å². The highest BCUT2D eigenvalue weighted by molar-refractivity contribution is 6.00. The summed E-state index contributed by atoms with van der Waals surface area (Å²) < 4.78 is 0. The lowest BCUT2D eigenvalue weighted by Gasteiger charge is -2.23. The van der Waals surface area contributed by atoms with Crippen LogP contribution in [0, 0.1) is 5.92 Å². The van der Waals surface area contributed by atoms with Gasteiger partial charge in [-0.15, -0.1) is 0 Å². The molecule has 1 aromatic carbocycles. The van der Waals surface area contributed by atoms with Gasteiger partial charge in [-0.2, -0.15) is 0 Å². The summed E-state index contributed by atoms with van der Waals surface area (Å²) in [6.07, 6.45) is 3.67. The van der Waals surface area contributed by atoms with E-state index in [-0.39, 0.29) is 0 Å². The second-order valence-corrected chi connectivity index (χ2v) is 4.87. The van der Waals surface area contributed by atoms with E-state index < -0.39 is 0 Å². The molecule has 0 atom stereocenters. The Labute approximate surface area is 102 Å². The Morgan fingerprint density at radius 1 is 1.24 bits per heavy atom. The Morgan fingerprint density at radius 2 is 2.00 bits per heavy atom. The summed E-state index contributed by atoms with van der Waals surface area (Å²) in [7, 11) is 2.11. The van der Waals surface area contributed by atoms with Gasteiger partial charge in [-0.05, 0) is 24.1 Å². The molecular weight excluding hydrogens is 210 g/mol. The molecular formula is C14H19N3. The van der Waals surface area contributed by atoms with E-state index in [4.69, 9.17) is 5.73 Å². The number of aromatic nitrogens is 1. The number of fused-ring (bicyclic) bond motifs is 1. The standard InChI is InChI=1S/C14H19N3/c1-10(2)9-17(3)14-5-4-13(15)11-6-7-16-8-12(11)14/h4-8,10H,9,15H2,1-3H3. The van der Waals surface area contributed by atoms with E-state index in [0.29, 0.717) is 5.92 Å². The van der Waals surface area contributed by atoms with Crippen LogP contribution in [0.25, 0.3) is 10.8 Å². The predicted octanol–water partition coefficient (Wildman–Crippen LogP) is 2.91. The highest BCUT2D eigenvalue weighted by Gasteiger charge is 2.09. The number of nitrogen functional groups attached to an aromatic ring is 1. The third-order valence-electron chi connectivity index (χ3n) is 2.88. The molecule has 0 saturated heterocycles. The molecule has 3 heteroatoms. The molecule has 0 unspecified atom stereocenters. The van der Waals surface area contributed by atoms with Crippen molar-refractivity contribution in [1.29, 1.82) is 0 Å². The van der Waals surface area contributed by atoms with Crippen molar-refractivity contribution in [3.8, 4) is 0 Å². The van der Waals surface area contributed by atoms with Crippen LogP contribution in [0.1, 0.15) is 13.8 Å². The number of rotatable bonds is 3. The third kappa shape index (κ3) is 2.33. The van der Waals surface area contributed by atoms with Gasteiger partial charge in [-0.25, -0.2) is 0 Å². The lowest BCUT2D eigenvalue weighted by molar-refractivity contribution is 0.639. The minimum absolute atomic E-state index is 0.629. The molecule has 1 heterocycles. The van der Waals surface area contributed by atoms with Gasteiger partial charge in [-0.3, -0.25) is 4.98 Å². The van der Waals surface area contributed by atoms with Crippen molar-refractivity contribution in [2.45, 2.75) is 13.8 Å². The van der Waals surface area contributed by atoms with Gasteiger partial charge < -0.3 is 10.6 Å². The van der Waals surface area contributed by atoms with Crippen LogP contribution in [0.15, 0.2) is 30.6 Å². The van der Waals surface area contributed by atoms with Gasteiger partial charge in [0.2, 0.25) is 0 Å². The molecule has 0 radical (unpaired) electrons. The average Bonchev–Trinajstić information content (AvgIpc) is 2.29. The highest BCUT2D eigenvalue weighted by Crippen LogP contribution is 2.29. The molecule has 17 heavy (non-hydrogen) atoms. The normalized spacial score (nSPS) is 11.1. The first-order valence-electron chi connectivity index (χ1n) is 5.93. The third-order valence-corrected chi connectivity index (χ3v) is 2.88. The fourth-order valence-corrected chi connectivity index (χ4v) is 2.18. The fraction of sp³-hybridized carbons (Fsp3) is 0.357. The lowest BCUT2D eigenvalue weighted by Crippen LogP contribution is -2.22. The summed E-state index contributed by atoms with van der Waals surface area (Å²) in [5.74, 6) is 0.629. The summed E-state index contributed by atoms with van der Waals surface area (Å²) in [6, 6.07) is 6.01. The molecule has 0 fully saturated rings. The lowest BCUT2D eigenvalue weighted by atomic mass is 10.1. The molecule has 0 saturated carbocycles. The number of anilines is 2. The van der Waals surface area contributed by atoms with Crippen LogP contribution in [0.5, 0.6) is 0 Å². The molecule has 2 N–H and O–H groups in total. The van der Waals surface area contributed by atoms with Crippen molar-refractivity contribution in [1.82, 2.24) is 4.98 Å². The van der Waals surface area contributed by atoms with Gasteiger partial charge in [0.05, 0.1) is 0 Å². The average molecular weight is 229 g/mol. The van der Waals surface area contributed by atoms with E-state index in [2.05, 4.69) is 36.8 Å². The number of nitrogens with two attached hydrogens (primary N) is 1. The number of hydrogen-bond acceptors (Lipinski definition) is 3. The molecule has 90 valence electrons. The Kier molecular flexibility index (Phi) is 3.18. The van der Waals surface area contributed by atoms with Gasteiger partial charge in [0.1, 0.15) is 0 Å². The van der Waals surface area contributed by atoms with E-state index in [1.165, 1.54) is 5.69 Å². The highest BCUT2D eigenvalue weighted by atomic mass is 15.1. The van der Waals surface area contributed by atoms with Crippen LogP contribution in [0.3, 0.4) is 0 Å². The van der Waals surface area contributed by atoms with Crippen molar-refractivity contribution < 1.29 is 0 Å². The van der Waals surface area contributed by atoms with Crippen molar-refractivity contribution in [3.05, 3.63) is 30.6 Å². The second kappa shape index (κ2) is 4.62. The molecule has 0 amide bonds. The maximum Gasteiger partial charge on any atom is 0.0460 e. The second-order valence-electron chi connectivity index (χ2n) is 4.87. The number of benzene rings is 1. The van der Waals surface area contributed by atoms with E-state index >= 15 is 0 Å². The number of nitrogens with zero attached hydrogens (tertiary/aromatic N) is 2. The quantitative estimate of drug-likeness (QED) is 0.823. The first kappa shape index (κ1) is 11.7. The molecule has 2 rings (SSSR count). The van der Waals surface area contributed by atoms with Crippen LogP contribution in [0.2, 0.25) is 0 Å². The summed E-state index contributed by atoms with van der Waals surface area (Å²) in [5, 5.41) is 2.20. The maximum absolute atomic E-state index is 5.98. The smallest absolute Gasteiger partial charge is 0.0460 e. The van der Waals surface area contributed by atoms with Crippen molar-refractivity contribution >= 4 is 22.1 Å². The van der Waals surface area contributed by atoms with E-state index in [0.717, 1.165) is 23.0 Å². The topological polar surface area (TPSA) is 42.1 Å². The van der Waals surface area contributed by atoms with Crippen molar-refractivity contribution in [2.24, 2.45) is 5.92 Å². The Hall–Kier alpha value is -1.77. The maximum atomic E-state index is 5.98. The van der Waals surface area contributed by atoms with E-state index in [1.54, 1.807) is 6.20 Å². The van der Waals surface area contributed by atoms with Gasteiger partial charge in [0, 0.05) is 48.1 Å².